The fourth-order valence-corrected chi connectivity index (χ4v) is 4.15. The quantitative estimate of drug-likeness (QED) is 0.384. The summed E-state index contributed by atoms with van der Waals surface area (Å²) in [5, 5.41) is 15.5. The molecular formula is C21H19BrN4O2S. The van der Waals surface area contributed by atoms with Crippen LogP contribution in [0, 0.1) is 0 Å². The minimum absolute atomic E-state index is 0.483. The van der Waals surface area contributed by atoms with Gasteiger partial charge < -0.3 is 4.74 Å². The first-order valence-electron chi connectivity index (χ1n) is 9.07. The molecule has 4 rings (SSSR count). The van der Waals surface area contributed by atoms with Gasteiger partial charge in [0.1, 0.15) is 15.6 Å². The van der Waals surface area contributed by atoms with Crippen LogP contribution in [0.2, 0.25) is 0 Å². The number of ether oxygens (including phenoxy) is 1. The van der Waals surface area contributed by atoms with E-state index in [4.69, 9.17) is 4.74 Å². The molecule has 0 saturated heterocycles. The van der Waals surface area contributed by atoms with Crippen molar-refractivity contribution in [1.82, 2.24) is 20.0 Å². The van der Waals surface area contributed by atoms with E-state index in [1.165, 1.54) is 4.68 Å². The lowest BCUT2D eigenvalue weighted by Gasteiger charge is -2.19. The van der Waals surface area contributed by atoms with Crippen molar-refractivity contribution in [3.8, 4) is 10.6 Å². The fraction of sp³-hybridized carbons (Fsp3) is 0.238. The summed E-state index contributed by atoms with van der Waals surface area (Å²) in [5.41, 5.74) is 2.27. The molecule has 0 spiro atoms. The molecule has 0 bridgehead atoms. The number of hydrogen-bond donors (Lipinski definition) is 0. The predicted octanol–water partition coefficient (Wildman–Crippen LogP) is 5.69. The molecule has 0 N–H and O–H groups in total. The van der Waals surface area contributed by atoms with E-state index in [1.54, 1.807) is 17.5 Å². The highest BCUT2D eigenvalue weighted by atomic mass is 79.9. The number of hydrogen-bond acceptors (Lipinski definition) is 6. The minimum Gasteiger partial charge on any atom is -0.442 e. The van der Waals surface area contributed by atoms with Crippen LogP contribution in [0.15, 0.2) is 53.1 Å². The zero-order valence-electron chi connectivity index (χ0n) is 16.2. The Bertz CT molecular complexity index is 1190. The summed E-state index contributed by atoms with van der Waals surface area (Å²) in [6, 6.07) is 13.9. The summed E-state index contributed by atoms with van der Waals surface area (Å²) in [6.45, 7) is 5.50. The molecule has 8 heteroatoms. The van der Waals surface area contributed by atoms with E-state index in [9.17, 15) is 4.79 Å². The zero-order chi connectivity index (χ0) is 20.6. The number of nitrogens with zero attached hydrogens (tertiary/aromatic N) is 4. The van der Waals surface area contributed by atoms with Crippen LogP contribution in [0.3, 0.4) is 0 Å². The lowest BCUT2D eigenvalue weighted by molar-refractivity contribution is 0.0522. The third-order valence-corrected chi connectivity index (χ3v) is 5.56. The Morgan fingerprint density at radius 1 is 1.17 bits per heavy atom. The summed E-state index contributed by atoms with van der Waals surface area (Å²) in [4.78, 5) is 12.3. The lowest BCUT2D eigenvalue weighted by Crippen LogP contribution is -2.27. The minimum atomic E-state index is -0.570. The van der Waals surface area contributed by atoms with Crippen LogP contribution in [0.25, 0.3) is 21.5 Å². The topological polar surface area (TPSA) is 69.9 Å². The van der Waals surface area contributed by atoms with E-state index < -0.39 is 11.7 Å². The second-order valence-corrected chi connectivity index (χ2v) is 9.60. The molecule has 6 nitrogen and oxygen atoms in total. The van der Waals surface area contributed by atoms with Gasteiger partial charge in [0.25, 0.3) is 0 Å². The van der Waals surface area contributed by atoms with Gasteiger partial charge in [0.2, 0.25) is 0 Å². The van der Waals surface area contributed by atoms with Gasteiger partial charge in [-0.3, -0.25) is 0 Å². The molecule has 29 heavy (non-hydrogen) atoms. The number of carbonyl (C=O) groups excluding carboxylic acids is 1. The van der Waals surface area contributed by atoms with Gasteiger partial charge in [0, 0.05) is 21.8 Å². The Balaban J connectivity index is 1.55. The molecule has 0 amide bonds. The second-order valence-electron chi connectivity index (χ2n) is 7.62. The number of halogens is 1. The highest BCUT2D eigenvalue weighted by Crippen LogP contribution is 2.27. The van der Waals surface area contributed by atoms with Gasteiger partial charge in [0.15, 0.2) is 0 Å². The van der Waals surface area contributed by atoms with Crippen LogP contribution < -0.4 is 0 Å². The van der Waals surface area contributed by atoms with Crippen LogP contribution in [0.4, 0.5) is 4.79 Å². The Morgan fingerprint density at radius 3 is 2.76 bits per heavy atom. The largest absolute Gasteiger partial charge is 0.442 e. The average Bonchev–Trinajstić information content (AvgIpc) is 3.27. The summed E-state index contributed by atoms with van der Waals surface area (Å²) in [7, 11) is 0. The second kappa shape index (κ2) is 7.68. The van der Waals surface area contributed by atoms with E-state index in [0.717, 1.165) is 36.5 Å². The molecule has 0 aliphatic carbocycles. The number of fused-ring (bicyclic) bond motifs is 1. The van der Waals surface area contributed by atoms with E-state index in [0.29, 0.717) is 6.42 Å². The molecule has 0 atom stereocenters. The molecule has 2 heterocycles. The van der Waals surface area contributed by atoms with E-state index in [2.05, 4.69) is 31.2 Å². The van der Waals surface area contributed by atoms with Crippen molar-refractivity contribution < 1.29 is 9.53 Å². The van der Waals surface area contributed by atoms with Crippen LogP contribution >= 0.6 is 27.3 Å². The Morgan fingerprint density at radius 2 is 2.00 bits per heavy atom. The zero-order valence-corrected chi connectivity index (χ0v) is 18.6. The van der Waals surface area contributed by atoms with Crippen molar-refractivity contribution in [3.05, 3.63) is 63.7 Å². The van der Waals surface area contributed by atoms with E-state index in [1.807, 2.05) is 63.2 Å². The third-order valence-electron chi connectivity index (χ3n) is 4.09. The number of carbonyl (C=O) groups is 1. The first-order valence-corrected chi connectivity index (χ1v) is 10.7. The van der Waals surface area contributed by atoms with Crippen LogP contribution in [-0.4, -0.2) is 31.7 Å². The van der Waals surface area contributed by atoms with Gasteiger partial charge in [-0.25, -0.2) is 4.79 Å². The first-order chi connectivity index (χ1) is 13.8. The van der Waals surface area contributed by atoms with Gasteiger partial charge in [0.05, 0.1) is 11.7 Å². The van der Waals surface area contributed by atoms with Gasteiger partial charge in [-0.1, -0.05) is 45.5 Å². The van der Waals surface area contributed by atoms with Crippen molar-refractivity contribution in [3.63, 3.8) is 0 Å². The van der Waals surface area contributed by atoms with Crippen molar-refractivity contribution in [2.45, 2.75) is 32.8 Å². The molecule has 0 radical (unpaired) electrons. The number of benzene rings is 2. The molecule has 2 aromatic heterocycles. The average molecular weight is 471 g/mol. The standard InChI is InChI=1S/C21H19BrN4O2S/c1-21(2,3)28-20(27)26-17-8-7-13(9-15(17)12-23-26)10-18-24-25-19(29-18)14-5-4-6-16(22)11-14/h4-9,11-12H,10H2,1-3H3. The van der Waals surface area contributed by atoms with Crippen molar-refractivity contribution in [2.24, 2.45) is 0 Å². The molecule has 0 aliphatic rings. The van der Waals surface area contributed by atoms with Gasteiger partial charge >= 0.3 is 6.09 Å². The van der Waals surface area contributed by atoms with Crippen molar-refractivity contribution in [1.29, 1.82) is 0 Å². The SMILES string of the molecule is CC(C)(C)OC(=O)n1ncc2cc(Cc3nnc(-c4cccc(Br)c4)s3)ccc21. The lowest BCUT2D eigenvalue weighted by atomic mass is 10.1. The number of aromatic nitrogens is 4. The van der Waals surface area contributed by atoms with Gasteiger partial charge in [-0.2, -0.15) is 9.78 Å². The molecule has 0 aliphatic heterocycles. The Hall–Kier alpha value is -2.58. The molecule has 0 unspecified atom stereocenters. The monoisotopic (exact) mass is 470 g/mol. The first kappa shape index (κ1) is 19.7. The maximum Gasteiger partial charge on any atom is 0.435 e. The Labute approximate surface area is 180 Å². The van der Waals surface area contributed by atoms with E-state index in [-0.39, 0.29) is 0 Å². The maximum absolute atomic E-state index is 12.3. The molecule has 148 valence electrons. The molecule has 4 aromatic rings. The maximum atomic E-state index is 12.3. The fourth-order valence-electron chi connectivity index (χ4n) is 2.88. The van der Waals surface area contributed by atoms with Crippen molar-refractivity contribution in [2.75, 3.05) is 0 Å². The van der Waals surface area contributed by atoms with Crippen LogP contribution in [0.5, 0.6) is 0 Å². The smallest absolute Gasteiger partial charge is 0.435 e. The molecule has 0 saturated carbocycles. The van der Waals surface area contributed by atoms with Gasteiger partial charge in [-0.15, -0.1) is 10.2 Å². The highest BCUT2D eigenvalue weighted by molar-refractivity contribution is 9.10. The molecule has 0 fully saturated rings. The highest BCUT2D eigenvalue weighted by Gasteiger charge is 2.20. The summed E-state index contributed by atoms with van der Waals surface area (Å²) < 4.78 is 7.72. The van der Waals surface area contributed by atoms with Gasteiger partial charge in [-0.05, 0) is 50.6 Å². The summed E-state index contributed by atoms with van der Waals surface area (Å²) in [5.74, 6) is 0. The predicted molar refractivity (Wildman–Crippen MR) is 117 cm³/mol. The normalized spacial score (nSPS) is 11.7. The van der Waals surface area contributed by atoms with E-state index >= 15 is 0 Å². The van der Waals surface area contributed by atoms with Crippen molar-refractivity contribution >= 4 is 44.3 Å². The Kier molecular flexibility index (Phi) is 5.23. The third kappa shape index (κ3) is 4.54. The van der Waals surface area contributed by atoms with Crippen LogP contribution in [-0.2, 0) is 11.2 Å². The summed E-state index contributed by atoms with van der Waals surface area (Å²) in [6.07, 6.45) is 1.86. The summed E-state index contributed by atoms with van der Waals surface area (Å²) >= 11 is 5.06. The number of rotatable bonds is 3. The molecular weight excluding hydrogens is 452 g/mol. The molecule has 2 aromatic carbocycles. The van der Waals surface area contributed by atoms with Crippen LogP contribution in [0.1, 0.15) is 31.3 Å².